The number of carbonyl (C=O) groups excluding carboxylic acids is 2. The number of nitrogens with two attached hydrogens (primary N) is 1. The van der Waals surface area contributed by atoms with Gasteiger partial charge in [-0.1, -0.05) is 18.2 Å². The van der Waals surface area contributed by atoms with Crippen molar-refractivity contribution >= 4 is 23.3 Å². The first-order valence-corrected chi connectivity index (χ1v) is 14.0. The summed E-state index contributed by atoms with van der Waals surface area (Å²) in [6.45, 7) is 20.0. The lowest BCUT2D eigenvalue weighted by Gasteiger charge is -2.47. The summed E-state index contributed by atoms with van der Waals surface area (Å²) in [5.74, 6) is 0.174. The third-order valence-corrected chi connectivity index (χ3v) is 7.54. The van der Waals surface area contributed by atoms with Gasteiger partial charge in [0, 0.05) is 66.7 Å². The molecular weight excluding hydrogens is 512 g/mol. The fourth-order valence-corrected chi connectivity index (χ4v) is 5.12. The monoisotopic (exact) mass is 554 g/mol. The summed E-state index contributed by atoms with van der Waals surface area (Å²) in [4.78, 5) is 33.3. The molecule has 0 radical (unpaired) electrons. The summed E-state index contributed by atoms with van der Waals surface area (Å²) < 4.78 is 6.19. The fraction of sp³-hybridized carbons (Fsp3) is 0.484. The average molecular weight is 555 g/mol. The highest BCUT2D eigenvalue weighted by atomic mass is 35.5. The maximum atomic E-state index is 13.9. The van der Waals surface area contributed by atoms with Crippen LogP contribution in [-0.4, -0.2) is 82.8 Å². The number of benzene rings is 2. The summed E-state index contributed by atoms with van der Waals surface area (Å²) in [5, 5.41) is 0.575. The second-order valence-electron chi connectivity index (χ2n) is 11.1. The van der Waals surface area contributed by atoms with Crippen LogP contribution in [0.5, 0.6) is 5.75 Å². The van der Waals surface area contributed by atoms with Gasteiger partial charge in [-0.25, -0.2) is 0 Å². The second kappa shape index (κ2) is 13.1. The van der Waals surface area contributed by atoms with Crippen LogP contribution in [0.2, 0.25) is 5.02 Å². The Hall–Kier alpha value is -2.71. The van der Waals surface area contributed by atoms with E-state index in [0.29, 0.717) is 47.1 Å². The van der Waals surface area contributed by atoms with E-state index in [1.807, 2.05) is 0 Å². The molecule has 1 heterocycles. The molecule has 0 aliphatic carbocycles. The van der Waals surface area contributed by atoms with Gasteiger partial charge >= 0.3 is 0 Å². The van der Waals surface area contributed by atoms with Gasteiger partial charge in [-0.3, -0.25) is 19.4 Å². The minimum Gasteiger partial charge on any atom is -0.478 e. The molecule has 0 bridgehead atoms. The van der Waals surface area contributed by atoms with Crippen molar-refractivity contribution in [1.82, 2.24) is 14.7 Å². The maximum absolute atomic E-state index is 13.9. The third kappa shape index (κ3) is 7.48. The Morgan fingerprint density at radius 2 is 1.59 bits per heavy atom. The van der Waals surface area contributed by atoms with Crippen molar-refractivity contribution in [3.05, 3.63) is 77.0 Å². The van der Waals surface area contributed by atoms with Crippen LogP contribution >= 0.6 is 11.6 Å². The summed E-state index contributed by atoms with van der Waals surface area (Å²) in [6.07, 6.45) is 0. The van der Waals surface area contributed by atoms with E-state index >= 15 is 0 Å². The molecule has 1 fully saturated rings. The van der Waals surface area contributed by atoms with Crippen molar-refractivity contribution in [2.24, 2.45) is 5.73 Å². The van der Waals surface area contributed by atoms with Gasteiger partial charge < -0.3 is 15.4 Å². The topological polar surface area (TPSA) is 79.1 Å². The van der Waals surface area contributed by atoms with Gasteiger partial charge in [-0.15, -0.1) is 0 Å². The first-order chi connectivity index (χ1) is 18.4. The van der Waals surface area contributed by atoms with Crippen LogP contribution in [0.1, 0.15) is 57.5 Å². The minimum atomic E-state index is -1.19. The molecule has 2 aromatic carbocycles. The van der Waals surface area contributed by atoms with Gasteiger partial charge in [-0.2, -0.15) is 0 Å². The predicted octanol–water partition coefficient (Wildman–Crippen LogP) is 4.83. The van der Waals surface area contributed by atoms with E-state index in [-0.39, 0.29) is 17.7 Å². The molecule has 7 nitrogen and oxygen atoms in total. The summed E-state index contributed by atoms with van der Waals surface area (Å²) in [6, 6.07) is 14.3. The third-order valence-electron chi connectivity index (χ3n) is 7.29. The number of carbonyl (C=O) groups is 2. The molecular formula is C31H43ClN4O3. The van der Waals surface area contributed by atoms with Gasteiger partial charge in [0.1, 0.15) is 5.75 Å². The number of amides is 1. The number of ketones is 1. The molecule has 1 aliphatic rings. The first kappa shape index (κ1) is 30.8. The van der Waals surface area contributed by atoms with E-state index in [2.05, 4.69) is 44.1 Å². The molecule has 1 unspecified atom stereocenters. The van der Waals surface area contributed by atoms with Crippen molar-refractivity contribution in [3.63, 3.8) is 0 Å². The van der Waals surface area contributed by atoms with Crippen molar-refractivity contribution in [2.45, 2.75) is 65.3 Å². The number of ether oxygens (including phenoxy) is 1. The lowest BCUT2D eigenvalue weighted by molar-refractivity contribution is -0.144. The van der Waals surface area contributed by atoms with E-state index < -0.39 is 5.60 Å². The Morgan fingerprint density at radius 3 is 2.10 bits per heavy atom. The first-order valence-electron chi connectivity index (χ1n) is 13.7. The van der Waals surface area contributed by atoms with E-state index in [9.17, 15) is 9.59 Å². The van der Waals surface area contributed by atoms with Crippen LogP contribution < -0.4 is 10.5 Å². The van der Waals surface area contributed by atoms with Gasteiger partial charge in [0.15, 0.2) is 11.4 Å². The standard InChI is InChI=1S/C31H43ClN4O3/c1-21(2)34-18-19-35(22(3)4)28(20-34)23(5)36(17-16-33)30(38)31(6,7)39-27-14-10-25(11-15-27)29(37)24-8-12-26(32)13-9-24/h8-15,21-22,28H,5,16-20,33H2,1-4,6-7H3. The largest absolute Gasteiger partial charge is 0.478 e. The smallest absolute Gasteiger partial charge is 0.270 e. The van der Waals surface area contributed by atoms with Gasteiger partial charge in [0.2, 0.25) is 0 Å². The number of nitrogens with zero attached hydrogens (tertiary/aromatic N) is 3. The Kier molecular flexibility index (Phi) is 10.4. The normalized spacial score (nSPS) is 16.9. The molecule has 3 rings (SSSR count). The molecule has 39 heavy (non-hydrogen) atoms. The van der Waals surface area contributed by atoms with E-state index in [1.165, 1.54) is 0 Å². The van der Waals surface area contributed by atoms with Crippen molar-refractivity contribution in [1.29, 1.82) is 0 Å². The summed E-state index contributed by atoms with van der Waals surface area (Å²) in [7, 11) is 0. The molecule has 1 aliphatic heterocycles. The molecule has 0 spiro atoms. The molecule has 2 aromatic rings. The quantitative estimate of drug-likeness (QED) is 0.401. The fourth-order valence-electron chi connectivity index (χ4n) is 4.99. The molecule has 212 valence electrons. The zero-order valence-electron chi connectivity index (χ0n) is 24.1. The van der Waals surface area contributed by atoms with Crippen LogP contribution in [0.3, 0.4) is 0 Å². The highest BCUT2D eigenvalue weighted by Crippen LogP contribution is 2.27. The lowest BCUT2D eigenvalue weighted by atomic mass is 10.0. The number of halogens is 1. The number of rotatable bonds is 11. The van der Waals surface area contributed by atoms with Crippen LogP contribution in [0.15, 0.2) is 60.8 Å². The highest BCUT2D eigenvalue weighted by Gasteiger charge is 2.40. The minimum absolute atomic E-state index is 0.00869. The number of hydrogen-bond donors (Lipinski definition) is 1. The average Bonchev–Trinajstić information content (AvgIpc) is 2.90. The van der Waals surface area contributed by atoms with Crippen LogP contribution in [0, 0.1) is 0 Å². The zero-order valence-corrected chi connectivity index (χ0v) is 24.9. The zero-order chi connectivity index (χ0) is 28.9. The Labute approximate surface area is 238 Å². The van der Waals surface area contributed by atoms with E-state index in [1.54, 1.807) is 67.3 Å². The second-order valence-corrected chi connectivity index (χ2v) is 11.6. The van der Waals surface area contributed by atoms with E-state index in [4.69, 9.17) is 22.1 Å². The van der Waals surface area contributed by atoms with Gasteiger partial charge in [0.25, 0.3) is 5.91 Å². The highest BCUT2D eigenvalue weighted by molar-refractivity contribution is 6.30. The molecule has 8 heteroatoms. The SMILES string of the molecule is C=C(C1CN(C(C)C)CCN1C(C)C)N(CCN)C(=O)C(C)(C)Oc1ccc(C(=O)c2ccc(Cl)cc2)cc1. The Bertz CT molecular complexity index is 1150. The number of hydrogen-bond acceptors (Lipinski definition) is 6. The Balaban J connectivity index is 1.77. The Morgan fingerprint density at radius 1 is 1.03 bits per heavy atom. The van der Waals surface area contributed by atoms with Crippen LogP contribution in [-0.2, 0) is 4.79 Å². The molecule has 1 saturated heterocycles. The molecule has 0 aromatic heterocycles. The molecule has 2 N–H and O–H groups in total. The van der Waals surface area contributed by atoms with E-state index in [0.717, 1.165) is 25.3 Å². The predicted molar refractivity (Wildman–Crippen MR) is 158 cm³/mol. The maximum Gasteiger partial charge on any atom is 0.270 e. The summed E-state index contributed by atoms with van der Waals surface area (Å²) in [5.41, 5.74) is 6.59. The molecule has 1 atom stereocenters. The van der Waals surface area contributed by atoms with Gasteiger partial charge in [0.05, 0.1) is 6.04 Å². The van der Waals surface area contributed by atoms with Crippen molar-refractivity contribution in [2.75, 3.05) is 32.7 Å². The van der Waals surface area contributed by atoms with Crippen molar-refractivity contribution in [3.8, 4) is 5.75 Å². The van der Waals surface area contributed by atoms with Crippen LogP contribution in [0.25, 0.3) is 0 Å². The summed E-state index contributed by atoms with van der Waals surface area (Å²) >= 11 is 5.94. The number of piperazine rings is 1. The van der Waals surface area contributed by atoms with Crippen LogP contribution in [0.4, 0.5) is 0 Å². The lowest BCUT2D eigenvalue weighted by Crippen LogP contribution is -2.60. The van der Waals surface area contributed by atoms with Crippen molar-refractivity contribution < 1.29 is 14.3 Å². The molecule has 0 saturated carbocycles. The van der Waals surface area contributed by atoms with Gasteiger partial charge in [-0.05, 0) is 90.1 Å². The molecule has 1 amide bonds.